The normalized spacial score (nSPS) is 21.4. The first kappa shape index (κ1) is 22.8. The summed E-state index contributed by atoms with van der Waals surface area (Å²) in [6.07, 6.45) is 3.42. The van der Waals surface area contributed by atoms with Gasteiger partial charge in [-0.1, -0.05) is 29.5 Å². The minimum atomic E-state index is -0.476. The Morgan fingerprint density at radius 3 is 2.82 bits per heavy atom. The number of nitrogens with one attached hydrogen (secondary N) is 1. The standard InChI is InChI=1S/C25H31N5O3S/c1-25(2,3)33-24(32)30-10-8-16(14-30)13-26-23-28-19-9-11-29(15-21(19)34-23)22(31)20-12-17-6-4-5-7-18(17)27-20/h4-7,12,16,20H,8-11,13-15H2,1-3H3,(H,26,28). The third-order valence-electron chi connectivity index (χ3n) is 6.33. The van der Waals surface area contributed by atoms with Crippen LogP contribution >= 0.6 is 11.3 Å². The number of fused-ring (bicyclic) bond motifs is 2. The maximum Gasteiger partial charge on any atom is 0.410 e. The fourth-order valence-corrected chi connectivity index (χ4v) is 5.63. The number of benzene rings is 1. The van der Waals surface area contributed by atoms with E-state index in [2.05, 4.69) is 10.3 Å². The number of aromatic nitrogens is 1. The van der Waals surface area contributed by atoms with Gasteiger partial charge in [0.05, 0.1) is 17.6 Å². The quantitative estimate of drug-likeness (QED) is 0.723. The second-order valence-electron chi connectivity index (χ2n) is 10.2. The number of hydrogen-bond donors (Lipinski definition) is 1. The SMILES string of the molecule is CC(C)(C)OC(=O)N1CCC(CNc2nc3c(s2)CN(C(=O)C2C=c4ccccc4=N2)CC3)C1. The zero-order valence-corrected chi connectivity index (χ0v) is 20.7. The molecule has 1 aromatic heterocycles. The number of likely N-dealkylation sites (tertiary alicyclic amines) is 1. The topological polar surface area (TPSA) is 87.1 Å². The Morgan fingerprint density at radius 1 is 1.21 bits per heavy atom. The maximum absolute atomic E-state index is 13.1. The summed E-state index contributed by atoms with van der Waals surface area (Å²) in [5.74, 6) is 0.422. The van der Waals surface area contributed by atoms with Gasteiger partial charge in [0.1, 0.15) is 11.6 Å². The van der Waals surface area contributed by atoms with Crippen molar-refractivity contribution >= 4 is 34.5 Å². The highest BCUT2D eigenvalue weighted by Gasteiger charge is 2.31. The number of carbonyl (C=O) groups excluding carboxylic acids is 2. The lowest BCUT2D eigenvalue weighted by atomic mass is 10.1. The van der Waals surface area contributed by atoms with Gasteiger partial charge >= 0.3 is 6.09 Å². The molecular formula is C25H31N5O3S. The first-order valence-corrected chi connectivity index (χ1v) is 12.7. The highest BCUT2D eigenvalue weighted by atomic mass is 32.1. The average molecular weight is 482 g/mol. The molecule has 34 heavy (non-hydrogen) atoms. The van der Waals surface area contributed by atoms with Crippen molar-refractivity contribution in [2.45, 2.75) is 51.8 Å². The number of carbonyl (C=O) groups is 2. The highest BCUT2D eigenvalue weighted by molar-refractivity contribution is 7.15. The first-order chi connectivity index (χ1) is 16.2. The van der Waals surface area contributed by atoms with E-state index in [0.29, 0.717) is 25.6 Å². The summed E-state index contributed by atoms with van der Waals surface area (Å²) in [6, 6.07) is 7.43. The Morgan fingerprint density at radius 2 is 2.03 bits per heavy atom. The highest BCUT2D eigenvalue weighted by Crippen LogP contribution is 2.29. The van der Waals surface area contributed by atoms with E-state index in [1.54, 1.807) is 16.2 Å². The van der Waals surface area contributed by atoms with Crippen molar-refractivity contribution < 1.29 is 14.3 Å². The Bertz CT molecular complexity index is 1180. The molecule has 0 aliphatic carbocycles. The van der Waals surface area contributed by atoms with Gasteiger partial charge in [-0.15, -0.1) is 0 Å². The maximum atomic E-state index is 13.1. The molecule has 1 fully saturated rings. The van der Waals surface area contributed by atoms with Crippen LogP contribution in [0.5, 0.6) is 0 Å². The minimum Gasteiger partial charge on any atom is -0.444 e. The Kier molecular flexibility index (Phi) is 6.06. The lowest BCUT2D eigenvalue weighted by Crippen LogP contribution is -2.40. The van der Waals surface area contributed by atoms with Crippen molar-refractivity contribution in [3.8, 4) is 0 Å². The van der Waals surface area contributed by atoms with Crippen molar-refractivity contribution in [3.63, 3.8) is 0 Å². The van der Waals surface area contributed by atoms with Gasteiger partial charge in [-0.2, -0.15) is 0 Å². The molecular weight excluding hydrogens is 450 g/mol. The molecule has 0 saturated carbocycles. The number of para-hydroxylation sites is 1. The number of ether oxygens (including phenoxy) is 1. The van der Waals surface area contributed by atoms with Crippen LogP contribution in [0.25, 0.3) is 6.08 Å². The van der Waals surface area contributed by atoms with Gasteiger partial charge in [0.15, 0.2) is 5.13 Å². The molecule has 1 N–H and O–H groups in total. The molecule has 9 heteroatoms. The summed E-state index contributed by atoms with van der Waals surface area (Å²) in [4.78, 5) is 39.6. The molecule has 3 aliphatic rings. The molecule has 2 atom stereocenters. The van der Waals surface area contributed by atoms with Gasteiger partial charge in [0.2, 0.25) is 0 Å². The van der Waals surface area contributed by atoms with E-state index in [0.717, 1.165) is 52.2 Å². The molecule has 1 saturated heterocycles. The predicted octanol–water partition coefficient (Wildman–Crippen LogP) is 2.18. The number of hydrogen-bond acceptors (Lipinski definition) is 7. The second kappa shape index (κ2) is 9.02. The molecule has 3 aliphatic heterocycles. The molecule has 1 aromatic carbocycles. The van der Waals surface area contributed by atoms with Crippen molar-refractivity contribution in [2.24, 2.45) is 10.9 Å². The van der Waals surface area contributed by atoms with Crippen LogP contribution in [-0.4, -0.2) is 64.6 Å². The zero-order chi connectivity index (χ0) is 23.9. The summed E-state index contributed by atoms with van der Waals surface area (Å²) in [5, 5.41) is 6.27. The minimum absolute atomic E-state index is 0.0537. The van der Waals surface area contributed by atoms with Crippen LogP contribution in [0.4, 0.5) is 9.93 Å². The number of rotatable bonds is 4. The summed E-state index contributed by atoms with van der Waals surface area (Å²) in [6.45, 7) is 9.09. The zero-order valence-electron chi connectivity index (χ0n) is 19.9. The van der Waals surface area contributed by atoms with Crippen LogP contribution in [0.1, 0.15) is 37.8 Å². The molecule has 2 aromatic rings. The summed E-state index contributed by atoms with van der Waals surface area (Å²) in [5.41, 5.74) is 0.602. The molecule has 180 valence electrons. The van der Waals surface area contributed by atoms with Gasteiger partial charge in [-0.25, -0.2) is 9.78 Å². The van der Waals surface area contributed by atoms with E-state index in [9.17, 15) is 9.59 Å². The van der Waals surface area contributed by atoms with Crippen molar-refractivity contribution in [1.29, 1.82) is 0 Å². The lowest BCUT2D eigenvalue weighted by Gasteiger charge is -2.27. The summed E-state index contributed by atoms with van der Waals surface area (Å²) in [7, 11) is 0. The van der Waals surface area contributed by atoms with E-state index in [4.69, 9.17) is 9.72 Å². The molecule has 2 unspecified atom stereocenters. The third kappa shape index (κ3) is 4.94. The first-order valence-electron chi connectivity index (χ1n) is 11.9. The largest absolute Gasteiger partial charge is 0.444 e. The van der Waals surface area contributed by atoms with Gasteiger partial charge in [-0.3, -0.25) is 9.79 Å². The monoisotopic (exact) mass is 481 g/mol. The summed E-state index contributed by atoms with van der Waals surface area (Å²) < 4.78 is 5.49. The van der Waals surface area contributed by atoms with E-state index in [1.807, 2.05) is 56.0 Å². The van der Waals surface area contributed by atoms with Crippen molar-refractivity contribution in [1.82, 2.24) is 14.8 Å². The van der Waals surface area contributed by atoms with Crippen LogP contribution in [0.3, 0.4) is 0 Å². The molecule has 4 heterocycles. The van der Waals surface area contributed by atoms with E-state index >= 15 is 0 Å². The second-order valence-corrected chi connectivity index (χ2v) is 11.2. The summed E-state index contributed by atoms with van der Waals surface area (Å²) >= 11 is 1.62. The molecule has 0 bridgehead atoms. The molecule has 0 spiro atoms. The van der Waals surface area contributed by atoms with E-state index < -0.39 is 11.6 Å². The Labute approximate surface area is 203 Å². The van der Waals surface area contributed by atoms with Crippen LogP contribution in [0, 0.1) is 5.92 Å². The van der Waals surface area contributed by atoms with Gasteiger partial charge in [0.25, 0.3) is 5.91 Å². The van der Waals surface area contributed by atoms with Crippen LogP contribution in [-0.2, 0) is 22.5 Å². The van der Waals surface area contributed by atoms with Gasteiger partial charge in [0, 0.05) is 37.5 Å². The molecule has 8 nitrogen and oxygen atoms in total. The predicted molar refractivity (Wildman–Crippen MR) is 131 cm³/mol. The van der Waals surface area contributed by atoms with E-state index in [-0.39, 0.29) is 12.0 Å². The van der Waals surface area contributed by atoms with Crippen LogP contribution in [0.15, 0.2) is 29.3 Å². The average Bonchev–Trinajstić information content (AvgIpc) is 3.52. The molecule has 2 amide bonds. The Hall–Kier alpha value is -2.94. The third-order valence-corrected chi connectivity index (χ3v) is 7.37. The van der Waals surface area contributed by atoms with Crippen LogP contribution in [0.2, 0.25) is 0 Å². The van der Waals surface area contributed by atoms with Gasteiger partial charge < -0.3 is 19.9 Å². The number of nitrogens with zero attached hydrogens (tertiary/aromatic N) is 4. The number of amides is 2. The fourth-order valence-electron chi connectivity index (χ4n) is 4.60. The molecule has 0 radical (unpaired) electrons. The van der Waals surface area contributed by atoms with Crippen molar-refractivity contribution in [2.75, 3.05) is 31.5 Å². The number of anilines is 1. The number of thiazole rings is 1. The molecule has 5 rings (SSSR count). The van der Waals surface area contributed by atoms with E-state index in [1.165, 1.54) is 0 Å². The van der Waals surface area contributed by atoms with Gasteiger partial charge in [-0.05, 0) is 50.5 Å². The van der Waals surface area contributed by atoms with Crippen LogP contribution < -0.4 is 15.9 Å². The van der Waals surface area contributed by atoms with Crippen molar-refractivity contribution in [3.05, 3.63) is 45.4 Å². The smallest absolute Gasteiger partial charge is 0.410 e. The lowest BCUT2D eigenvalue weighted by molar-refractivity contribution is -0.131. The Balaban J connectivity index is 1.15. The fraction of sp³-hybridized carbons (Fsp3) is 0.520.